The minimum Gasteiger partial charge on any atom is -0.379 e. The van der Waals surface area contributed by atoms with Crippen LogP contribution in [0.25, 0.3) is 5.70 Å². The number of anilines is 1. The molecular weight excluding hydrogens is 390 g/mol. The third-order valence-corrected chi connectivity index (χ3v) is 5.28. The molecule has 166 valence electrons. The first-order valence-corrected chi connectivity index (χ1v) is 10.7. The number of amides is 1. The van der Waals surface area contributed by atoms with Gasteiger partial charge in [-0.3, -0.25) is 20.5 Å². The molecule has 0 spiro atoms. The Hall–Kier alpha value is -3.29. The van der Waals surface area contributed by atoms with Crippen molar-refractivity contribution in [2.45, 2.75) is 6.42 Å². The molecule has 2 aromatic carbocycles. The third kappa shape index (κ3) is 6.10. The lowest BCUT2D eigenvalue weighted by Gasteiger charge is -2.26. The maximum Gasteiger partial charge on any atom is 0.251 e. The highest BCUT2D eigenvalue weighted by Crippen LogP contribution is 2.16. The van der Waals surface area contributed by atoms with Crippen LogP contribution in [0, 0.1) is 0 Å². The summed E-state index contributed by atoms with van der Waals surface area (Å²) in [7, 11) is 0. The van der Waals surface area contributed by atoms with Gasteiger partial charge in [0.2, 0.25) is 0 Å². The number of morpholine rings is 1. The fraction of sp³-hybridized carbons (Fsp3) is 0.292. The van der Waals surface area contributed by atoms with Gasteiger partial charge in [0.05, 0.1) is 18.9 Å². The van der Waals surface area contributed by atoms with Crippen molar-refractivity contribution in [1.29, 1.82) is 0 Å². The van der Waals surface area contributed by atoms with Gasteiger partial charge in [-0.2, -0.15) is 0 Å². The van der Waals surface area contributed by atoms with E-state index in [2.05, 4.69) is 38.5 Å². The van der Waals surface area contributed by atoms with Crippen LogP contribution < -0.4 is 21.5 Å². The summed E-state index contributed by atoms with van der Waals surface area (Å²) in [5.74, 6) is 0.753. The van der Waals surface area contributed by atoms with Gasteiger partial charge in [0.15, 0.2) is 0 Å². The molecule has 1 fully saturated rings. The van der Waals surface area contributed by atoms with E-state index in [4.69, 9.17) is 4.74 Å². The first-order valence-electron chi connectivity index (χ1n) is 10.7. The van der Waals surface area contributed by atoms with Crippen LogP contribution in [0.4, 0.5) is 5.69 Å². The first kappa shape index (κ1) is 21.0. The summed E-state index contributed by atoms with van der Waals surface area (Å²) in [6.07, 6.45) is 4.92. The number of hydrogen-bond donors (Lipinski definition) is 4. The quantitative estimate of drug-likeness (QED) is 0.489. The number of rotatable bonds is 8. The minimum atomic E-state index is -0.0550. The van der Waals surface area contributed by atoms with Crippen molar-refractivity contribution in [2.75, 3.05) is 44.7 Å². The Morgan fingerprint density at radius 2 is 1.87 bits per heavy atom. The van der Waals surface area contributed by atoms with Crippen LogP contribution in [-0.4, -0.2) is 50.2 Å². The normalized spacial score (nSPS) is 16.4. The Morgan fingerprint density at radius 1 is 1.03 bits per heavy atom. The van der Waals surface area contributed by atoms with Crippen molar-refractivity contribution in [1.82, 2.24) is 21.1 Å². The second-order valence-corrected chi connectivity index (χ2v) is 7.55. The van der Waals surface area contributed by atoms with Crippen molar-refractivity contribution in [2.24, 2.45) is 0 Å². The molecule has 0 aromatic heterocycles. The van der Waals surface area contributed by atoms with E-state index in [1.54, 1.807) is 0 Å². The van der Waals surface area contributed by atoms with E-state index in [0.717, 1.165) is 62.0 Å². The van der Waals surface area contributed by atoms with Gasteiger partial charge in [0.1, 0.15) is 5.82 Å². The van der Waals surface area contributed by atoms with Crippen molar-refractivity contribution >= 4 is 17.3 Å². The monoisotopic (exact) mass is 423 g/mol. The molecule has 0 saturated carbocycles. The lowest BCUT2D eigenvalue weighted by molar-refractivity contribution is 0.0374. The standard InChI is InChI=1S/C24H29N5O2.2H2/c30-24(25-12-5-13-29-14-16-31-17-15-29)20-8-4-9-21(18-20)26-23-11-10-22(27-28-23)19-6-2-1-3-7-19;;/h1-4,6-11,18,26-28H,5,12-17H2,(H,25,30);2*1H. The molecular formula is C24H33N5O2. The molecule has 0 radical (unpaired) electrons. The zero-order valence-corrected chi connectivity index (χ0v) is 17.6. The van der Waals surface area contributed by atoms with Gasteiger partial charge in [-0.25, -0.2) is 0 Å². The molecule has 1 saturated heterocycles. The highest BCUT2D eigenvalue weighted by Gasteiger charge is 2.11. The molecule has 1 amide bonds. The van der Waals surface area contributed by atoms with E-state index in [0.29, 0.717) is 12.1 Å². The minimum absolute atomic E-state index is 0. The van der Waals surface area contributed by atoms with Crippen LogP contribution in [0.15, 0.2) is 72.6 Å². The molecule has 0 bridgehead atoms. The van der Waals surface area contributed by atoms with Gasteiger partial charge in [-0.05, 0) is 48.9 Å². The van der Waals surface area contributed by atoms with Crippen molar-refractivity contribution in [3.63, 3.8) is 0 Å². The lowest BCUT2D eigenvalue weighted by atomic mass is 10.1. The molecule has 2 aliphatic heterocycles. The Bertz CT molecular complexity index is 947. The van der Waals surface area contributed by atoms with Gasteiger partial charge >= 0.3 is 0 Å². The van der Waals surface area contributed by atoms with Gasteiger partial charge in [-0.15, -0.1) is 0 Å². The van der Waals surface area contributed by atoms with E-state index in [1.165, 1.54) is 0 Å². The molecule has 0 unspecified atom stereocenters. The molecule has 31 heavy (non-hydrogen) atoms. The number of allylic oxidation sites excluding steroid dienone is 2. The summed E-state index contributed by atoms with van der Waals surface area (Å²) in [6, 6.07) is 17.6. The number of carbonyl (C=O) groups is 1. The Labute approximate surface area is 186 Å². The van der Waals surface area contributed by atoms with Gasteiger partial charge in [-0.1, -0.05) is 36.4 Å². The average Bonchev–Trinajstić information content (AvgIpc) is 2.83. The Balaban J connectivity index is 0.00000193. The number of benzene rings is 2. The Morgan fingerprint density at radius 3 is 2.65 bits per heavy atom. The third-order valence-electron chi connectivity index (χ3n) is 5.28. The van der Waals surface area contributed by atoms with E-state index >= 15 is 0 Å². The summed E-state index contributed by atoms with van der Waals surface area (Å²) >= 11 is 0. The molecule has 0 atom stereocenters. The number of carbonyl (C=O) groups excluding carboxylic acids is 1. The molecule has 2 aliphatic rings. The zero-order chi connectivity index (χ0) is 21.3. The second kappa shape index (κ2) is 10.7. The molecule has 4 N–H and O–H groups in total. The van der Waals surface area contributed by atoms with Gasteiger partial charge < -0.3 is 15.4 Å². The van der Waals surface area contributed by atoms with Crippen LogP contribution in [0.3, 0.4) is 0 Å². The largest absolute Gasteiger partial charge is 0.379 e. The summed E-state index contributed by atoms with van der Waals surface area (Å²) < 4.78 is 5.36. The van der Waals surface area contributed by atoms with E-state index in [1.807, 2.05) is 54.6 Å². The number of ether oxygens (including phenoxy) is 1. The fourth-order valence-corrected chi connectivity index (χ4v) is 3.57. The van der Waals surface area contributed by atoms with Crippen molar-refractivity contribution < 1.29 is 12.4 Å². The molecule has 2 aromatic rings. The predicted molar refractivity (Wildman–Crippen MR) is 127 cm³/mol. The highest BCUT2D eigenvalue weighted by atomic mass is 16.5. The zero-order valence-electron chi connectivity index (χ0n) is 17.6. The van der Waals surface area contributed by atoms with Crippen LogP contribution >= 0.6 is 0 Å². The van der Waals surface area contributed by atoms with Crippen molar-refractivity contribution in [3.8, 4) is 0 Å². The van der Waals surface area contributed by atoms with Crippen LogP contribution in [0.2, 0.25) is 0 Å². The number of nitrogens with one attached hydrogen (secondary N) is 4. The van der Waals surface area contributed by atoms with Gasteiger partial charge in [0.25, 0.3) is 5.91 Å². The summed E-state index contributed by atoms with van der Waals surface area (Å²) in [5.41, 5.74) is 9.94. The predicted octanol–water partition coefficient (Wildman–Crippen LogP) is 3.03. The van der Waals surface area contributed by atoms with E-state index in [9.17, 15) is 4.79 Å². The fourth-order valence-electron chi connectivity index (χ4n) is 3.57. The van der Waals surface area contributed by atoms with Crippen molar-refractivity contribution in [3.05, 3.63) is 83.7 Å². The maximum atomic E-state index is 12.5. The maximum absolute atomic E-state index is 12.5. The molecule has 7 heteroatoms. The molecule has 4 rings (SSSR count). The van der Waals surface area contributed by atoms with E-state index < -0.39 is 0 Å². The van der Waals surface area contributed by atoms with Crippen LogP contribution in [-0.2, 0) is 4.74 Å². The highest BCUT2D eigenvalue weighted by molar-refractivity contribution is 5.95. The summed E-state index contributed by atoms with van der Waals surface area (Å²) in [4.78, 5) is 14.9. The summed E-state index contributed by atoms with van der Waals surface area (Å²) in [5, 5.41) is 6.32. The van der Waals surface area contributed by atoms with Gasteiger partial charge in [0, 0.05) is 33.7 Å². The second-order valence-electron chi connectivity index (χ2n) is 7.55. The lowest BCUT2D eigenvalue weighted by Crippen LogP contribution is -2.38. The number of nitrogens with zero attached hydrogens (tertiary/aromatic N) is 1. The number of hydrogen-bond acceptors (Lipinski definition) is 6. The van der Waals surface area contributed by atoms with Crippen LogP contribution in [0.5, 0.6) is 0 Å². The average molecular weight is 424 g/mol. The molecule has 0 aliphatic carbocycles. The molecule has 2 heterocycles. The SMILES string of the molecule is O=C(NCCCN1CCOCC1)c1cccc(NC2=CC=C(c3ccccc3)NN2)c1.[HH].[HH]. The smallest absolute Gasteiger partial charge is 0.251 e. The first-order chi connectivity index (χ1) is 15.3. The topological polar surface area (TPSA) is 77.7 Å². The Kier molecular flexibility index (Phi) is 7.20. The number of hydrazine groups is 1. The van der Waals surface area contributed by atoms with E-state index in [-0.39, 0.29) is 8.76 Å². The van der Waals surface area contributed by atoms with Crippen LogP contribution in [0.1, 0.15) is 25.2 Å². The summed E-state index contributed by atoms with van der Waals surface area (Å²) in [6.45, 7) is 5.20. The molecule has 7 nitrogen and oxygen atoms in total.